The van der Waals surface area contributed by atoms with E-state index in [2.05, 4.69) is 0 Å². The molecule has 0 spiro atoms. The number of nitrogens with zero attached hydrogens (tertiary/aromatic N) is 2. The molecule has 1 rings (SSSR count). The van der Waals surface area contributed by atoms with Crippen molar-refractivity contribution in [2.75, 3.05) is 27.3 Å². The molecule has 1 N–H and O–H groups in total. The van der Waals surface area contributed by atoms with Crippen LogP contribution in [0, 0.1) is 0 Å². The maximum absolute atomic E-state index is 12.1. The van der Waals surface area contributed by atoms with Gasteiger partial charge in [0.05, 0.1) is 17.7 Å². The molecule has 0 saturated carbocycles. The first-order chi connectivity index (χ1) is 8.38. The zero-order valence-corrected chi connectivity index (χ0v) is 12.0. The number of amides is 1. The van der Waals surface area contributed by atoms with E-state index in [-0.39, 0.29) is 19.1 Å². The summed E-state index contributed by atoms with van der Waals surface area (Å²) in [6.45, 7) is 0.347. The zero-order valence-electron chi connectivity index (χ0n) is 10.5. The van der Waals surface area contributed by atoms with Crippen LogP contribution in [0.3, 0.4) is 0 Å². The molecular weight excluding hydrogens is 279 g/mol. The summed E-state index contributed by atoms with van der Waals surface area (Å²) in [6.07, 6.45) is -0.727. The lowest BCUT2D eigenvalue weighted by Gasteiger charge is -2.20. The van der Waals surface area contributed by atoms with E-state index in [4.69, 9.17) is 27.9 Å². The molecule has 0 bridgehead atoms. The smallest absolute Gasteiger partial charge is 0.270 e. The summed E-state index contributed by atoms with van der Waals surface area (Å²) < 4.78 is 6.31. The van der Waals surface area contributed by atoms with Crippen molar-refractivity contribution in [2.45, 2.75) is 6.10 Å². The van der Waals surface area contributed by atoms with Gasteiger partial charge in [-0.05, 0) is 6.07 Å². The maximum Gasteiger partial charge on any atom is 0.270 e. The minimum Gasteiger partial charge on any atom is -0.389 e. The molecule has 0 aromatic carbocycles. The Labute approximate surface area is 116 Å². The summed E-state index contributed by atoms with van der Waals surface area (Å²) in [4.78, 5) is 13.5. The summed E-state index contributed by atoms with van der Waals surface area (Å²) in [6, 6.07) is 1.51. The van der Waals surface area contributed by atoms with Gasteiger partial charge in [-0.1, -0.05) is 23.2 Å². The molecule has 0 aliphatic rings. The van der Waals surface area contributed by atoms with Crippen molar-refractivity contribution in [1.29, 1.82) is 0 Å². The van der Waals surface area contributed by atoms with Gasteiger partial charge in [-0.25, -0.2) is 0 Å². The van der Waals surface area contributed by atoms with Crippen LogP contribution < -0.4 is 0 Å². The van der Waals surface area contributed by atoms with E-state index in [0.717, 1.165) is 0 Å². The fourth-order valence-electron chi connectivity index (χ4n) is 1.59. The molecule has 102 valence electrons. The molecule has 1 aromatic heterocycles. The van der Waals surface area contributed by atoms with Gasteiger partial charge in [-0.3, -0.25) is 4.79 Å². The van der Waals surface area contributed by atoms with Crippen LogP contribution in [0.4, 0.5) is 0 Å². The normalized spacial score (nSPS) is 12.6. The van der Waals surface area contributed by atoms with Crippen molar-refractivity contribution in [1.82, 2.24) is 9.47 Å². The van der Waals surface area contributed by atoms with E-state index < -0.39 is 6.10 Å². The summed E-state index contributed by atoms with van der Waals surface area (Å²) in [5, 5.41) is 10.2. The Balaban J connectivity index is 2.77. The number of carbonyl (C=O) groups excluding carboxylic acids is 1. The second-order valence-electron chi connectivity index (χ2n) is 4.02. The number of methoxy groups -OCH3 is 1. The number of rotatable bonds is 5. The molecule has 5 nitrogen and oxygen atoms in total. The quantitative estimate of drug-likeness (QED) is 0.893. The number of halogens is 2. The summed E-state index contributed by atoms with van der Waals surface area (Å²) in [5.41, 5.74) is 0.372. The van der Waals surface area contributed by atoms with Crippen LogP contribution in [-0.2, 0) is 11.8 Å². The molecule has 7 heteroatoms. The first kappa shape index (κ1) is 15.3. The predicted octanol–water partition coefficient (Wildman–Crippen LogP) is 1.41. The zero-order chi connectivity index (χ0) is 13.9. The van der Waals surface area contributed by atoms with Crippen molar-refractivity contribution < 1.29 is 14.6 Å². The summed E-state index contributed by atoms with van der Waals surface area (Å²) >= 11 is 11.7. The van der Waals surface area contributed by atoms with Gasteiger partial charge < -0.3 is 19.3 Å². The number of likely N-dealkylation sites (N-methyl/N-ethyl adjacent to an activating group) is 1. The molecule has 1 amide bonds. The van der Waals surface area contributed by atoms with E-state index in [0.29, 0.717) is 15.9 Å². The Hall–Kier alpha value is -0.750. The minimum absolute atomic E-state index is 0.173. The second-order valence-corrected chi connectivity index (χ2v) is 4.79. The topological polar surface area (TPSA) is 54.7 Å². The number of carbonyl (C=O) groups is 1. The average molecular weight is 295 g/mol. The van der Waals surface area contributed by atoms with Crippen molar-refractivity contribution in [3.63, 3.8) is 0 Å². The highest BCUT2D eigenvalue weighted by molar-refractivity contribution is 6.41. The molecule has 0 radical (unpaired) electrons. The molecule has 0 aliphatic carbocycles. The first-order valence-electron chi connectivity index (χ1n) is 5.31. The van der Waals surface area contributed by atoms with Crippen LogP contribution in [-0.4, -0.2) is 53.9 Å². The Bertz CT molecular complexity index is 434. The van der Waals surface area contributed by atoms with Crippen LogP contribution in [0.25, 0.3) is 0 Å². The summed E-state index contributed by atoms with van der Waals surface area (Å²) in [5.74, 6) is -0.263. The van der Waals surface area contributed by atoms with E-state index >= 15 is 0 Å². The van der Waals surface area contributed by atoms with Crippen molar-refractivity contribution in [3.05, 3.63) is 21.9 Å². The Morgan fingerprint density at radius 1 is 1.61 bits per heavy atom. The first-order valence-corrected chi connectivity index (χ1v) is 6.07. The van der Waals surface area contributed by atoms with Gasteiger partial charge in [0.1, 0.15) is 10.8 Å². The maximum atomic E-state index is 12.1. The van der Waals surface area contributed by atoms with E-state index in [9.17, 15) is 9.90 Å². The molecule has 18 heavy (non-hydrogen) atoms. The van der Waals surface area contributed by atoms with Gasteiger partial charge in [0.15, 0.2) is 0 Å². The van der Waals surface area contributed by atoms with Gasteiger partial charge >= 0.3 is 0 Å². The third-order valence-corrected chi connectivity index (χ3v) is 3.37. The van der Waals surface area contributed by atoms with Gasteiger partial charge in [-0.2, -0.15) is 0 Å². The number of ether oxygens (including phenoxy) is 1. The lowest BCUT2D eigenvalue weighted by Crippen LogP contribution is -2.36. The van der Waals surface area contributed by atoms with Crippen LogP contribution >= 0.6 is 23.2 Å². The number of aliphatic hydroxyl groups excluding tert-OH is 1. The largest absolute Gasteiger partial charge is 0.389 e. The van der Waals surface area contributed by atoms with Crippen molar-refractivity contribution in [2.24, 2.45) is 7.05 Å². The summed E-state index contributed by atoms with van der Waals surface area (Å²) in [7, 11) is 4.73. The monoisotopic (exact) mass is 294 g/mol. The molecule has 0 saturated heterocycles. The molecule has 1 atom stereocenters. The Morgan fingerprint density at radius 2 is 2.22 bits per heavy atom. The fourth-order valence-corrected chi connectivity index (χ4v) is 1.96. The molecule has 1 heterocycles. The van der Waals surface area contributed by atoms with E-state index in [1.165, 1.54) is 22.6 Å². The number of hydrogen-bond acceptors (Lipinski definition) is 3. The molecular formula is C11H16Cl2N2O3. The number of hydrogen-bond donors (Lipinski definition) is 1. The van der Waals surface area contributed by atoms with Crippen LogP contribution in [0.1, 0.15) is 10.5 Å². The van der Waals surface area contributed by atoms with Gasteiger partial charge in [0.2, 0.25) is 0 Å². The average Bonchev–Trinajstić information content (AvgIpc) is 2.56. The SMILES string of the molecule is COCC(O)CN(C)C(=O)c1cc(Cl)c(Cl)n1C. The standard InChI is InChI=1S/C11H16Cl2N2O3/c1-14(5-7(16)6-18-3)11(17)9-4-8(12)10(13)15(9)2/h4,7,16H,5-6H2,1-3H3. The third kappa shape index (κ3) is 3.38. The highest BCUT2D eigenvalue weighted by atomic mass is 35.5. The third-order valence-electron chi connectivity index (χ3n) is 2.53. The van der Waals surface area contributed by atoms with Gasteiger partial charge in [-0.15, -0.1) is 0 Å². The number of aliphatic hydroxyl groups is 1. The Morgan fingerprint density at radius 3 is 2.67 bits per heavy atom. The van der Waals surface area contributed by atoms with Gasteiger partial charge in [0, 0.05) is 27.7 Å². The van der Waals surface area contributed by atoms with Gasteiger partial charge in [0.25, 0.3) is 5.91 Å². The van der Waals surface area contributed by atoms with E-state index in [1.807, 2.05) is 0 Å². The Kier molecular flexibility index (Phi) is 5.47. The number of aromatic nitrogens is 1. The van der Waals surface area contributed by atoms with Crippen LogP contribution in [0.2, 0.25) is 10.2 Å². The molecule has 0 fully saturated rings. The second kappa shape index (κ2) is 6.43. The lowest BCUT2D eigenvalue weighted by atomic mass is 10.3. The van der Waals surface area contributed by atoms with Crippen molar-refractivity contribution >= 4 is 29.1 Å². The molecule has 1 aromatic rings. The van der Waals surface area contributed by atoms with E-state index in [1.54, 1.807) is 14.1 Å². The predicted molar refractivity (Wildman–Crippen MR) is 70.3 cm³/mol. The lowest BCUT2D eigenvalue weighted by molar-refractivity contribution is 0.0376. The highest BCUT2D eigenvalue weighted by Crippen LogP contribution is 2.25. The van der Waals surface area contributed by atoms with Crippen LogP contribution in [0.5, 0.6) is 0 Å². The highest BCUT2D eigenvalue weighted by Gasteiger charge is 2.20. The molecule has 0 aliphatic heterocycles. The molecule has 1 unspecified atom stereocenters. The fraction of sp³-hybridized carbons (Fsp3) is 0.545. The van der Waals surface area contributed by atoms with Crippen LogP contribution in [0.15, 0.2) is 6.07 Å². The van der Waals surface area contributed by atoms with Crippen molar-refractivity contribution in [3.8, 4) is 0 Å². The minimum atomic E-state index is -0.727.